The molecule has 138 valence electrons. The van der Waals surface area contributed by atoms with Crippen LogP contribution in [0.2, 0.25) is 0 Å². The number of aromatic nitrogens is 3. The maximum absolute atomic E-state index is 12.5. The average Bonchev–Trinajstić information content (AvgIpc) is 3.18. The SMILES string of the molecule is COCCOC1CCC(=NC(=O)c2cc(Br)cc(-n3ccnc3)n2)CC1. The minimum absolute atomic E-state index is 0.219. The molecule has 0 unspecified atom stereocenters. The molecule has 2 heterocycles. The zero-order valence-electron chi connectivity index (χ0n) is 14.6. The molecule has 3 rings (SSSR count). The fourth-order valence-corrected chi connectivity index (χ4v) is 3.24. The van der Waals surface area contributed by atoms with Crippen LogP contribution in [-0.4, -0.2) is 52.6 Å². The molecule has 1 aliphatic carbocycles. The Labute approximate surface area is 160 Å². The standard InChI is InChI=1S/C18H21BrN4O3/c1-25-8-9-26-15-4-2-14(3-5-15)21-18(24)16-10-13(19)11-17(22-16)23-7-6-20-12-23/h6-7,10-12,15H,2-5,8-9H2,1H3. The summed E-state index contributed by atoms with van der Waals surface area (Å²) in [6, 6.07) is 3.51. The van der Waals surface area contributed by atoms with E-state index in [0.717, 1.165) is 35.9 Å². The molecule has 0 aromatic carbocycles. The van der Waals surface area contributed by atoms with E-state index in [1.165, 1.54) is 0 Å². The van der Waals surface area contributed by atoms with E-state index >= 15 is 0 Å². The zero-order chi connectivity index (χ0) is 18.4. The first kappa shape index (κ1) is 18.9. The third kappa shape index (κ3) is 5.06. The van der Waals surface area contributed by atoms with Crippen molar-refractivity contribution in [1.82, 2.24) is 14.5 Å². The van der Waals surface area contributed by atoms with E-state index in [9.17, 15) is 4.79 Å². The second-order valence-corrected chi connectivity index (χ2v) is 6.96. The lowest BCUT2D eigenvalue weighted by atomic mass is 9.95. The molecule has 0 spiro atoms. The number of ether oxygens (including phenoxy) is 2. The third-order valence-electron chi connectivity index (χ3n) is 4.18. The van der Waals surface area contributed by atoms with E-state index < -0.39 is 0 Å². The van der Waals surface area contributed by atoms with Crippen LogP contribution in [0.25, 0.3) is 5.82 Å². The van der Waals surface area contributed by atoms with E-state index in [1.807, 2.05) is 6.07 Å². The predicted octanol–water partition coefficient (Wildman–Crippen LogP) is 3.22. The first-order valence-electron chi connectivity index (χ1n) is 8.53. The lowest BCUT2D eigenvalue weighted by Gasteiger charge is -2.23. The van der Waals surface area contributed by atoms with Crippen molar-refractivity contribution in [2.24, 2.45) is 4.99 Å². The summed E-state index contributed by atoms with van der Waals surface area (Å²) in [6.45, 7) is 1.20. The van der Waals surface area contributed by atoms with Crippen LogP contribution in [-0.2, 0) is 9.47 Å². The number of pyridine rings is 1. The van der Waals surface area contributed by atoms with Gasteiger partial charge in [0.15, 0.2) is 0 Å². The van der Waals surface area contributed by atoms with Crippen molar-refractivity contribution < 1.29 is 14.3 Å². The van der Waals surface area contributed by atoms with Crippen LogP contribution in [0, 0.1) is 0 Å². The molecule has 0 atom stereocenters. The Morgan fingerprint density at radius 3 is 2.85 bits per heavy atom. The minimum Gasteiger partial charge on any atom is -0.382 e. The maximum Gasteiger partial charge on any atom is 0.295 e. The van der Waals surface area contributed by atoms with Gasteiger partial charge in [0.2, 0.25) is 0 Å². The van der Waals surface area contributed by atoms with Gasteiger partial charge in [-0.3, -0.25) is 9.36 Å². The van der Waals surface area contributed by atoms with Gasteiger partial charge in [-0.1, -0.05) is 15.9 Å². The molecular formula is C18H21BrN4O3. The summed E-state index contributed by atoms with van der Waals surface area (Å²) in [4.78, 5) is 25.2. The molecule has 0 saturated heterocycles. The van der Waals surface area contributed by atoms with Gasteiger partial charge in [-0.2, -0.15) is 0 Å². The molecule has 0 bridgehead atoms. The van der Waals surface area contributed by atoms with Crippen LogP contribution in [0.4, 0.5) is 0 Å². The van der Waals surface area contributed by atoms with E-state index in [-0.39, 0.29) is 12.0 Å². The smallest absolute Gasteiger partial charge is 0.295 e. The van der Waals surface area contributed by atoms with Crippen LogP contribution < -0.4 is 0 Å². The number of amides is 1. The Hall–Kier alpha value is -1.90. The third-order valence-corrected chi connectivity index (χ3v) is 4.63. The van der Waals surface area contributed by atoms with Gasteiger partial charge in [0.25, 0.3) is 5.91 Å². The second kappa shape index (κ2) is 9.16. The lowest BCUT2D eigenvalue weighted by molar-refractivity contribution is 0.00822. The van der Waals surface area contributed by atoms with Crippen LogP contribution in [0.15, 0.2) is 40.3 Å². The van der Waals surface area contributed by atoms with Gasteiger partial charge in [0.1, 0.15) is 17.8 Å². The quantitative estimate of drug-likeness (QED) is 0.670. The van der Waals surface area contributed by atoms with Crippen LogP contribution >= 0.6 is 15.9 Å². The number of rotatable bonds is 6. The zero-order valence-corrected chi connectivity index (χ0v) is 16.2. The average molecular weight is 421 g/mol. The highest BCUT2D eigenvalue weighted by atomic mass is 79.9. The molecule has 1 aliphatic rings. The van der Waals surface area contributed by atoms with E-state index in [1.54, 1.807) is 36.5 Å². The molecular weight excluding hydrogens is 400 g/mol. The Kier molecular flexibility index (Phi) is 6.65. The summed E-state index contributed by atoms with van der Waals surface area (Å²) in [7, 11) is 1.66. The number of hydrogen-bond acceptors (Lipinski definition) is 5. The number of nitrogens with zero attached hydrogens (tertiary/aromatic N) is 4. The van der Waals surface area contributed by atoms with Gasteiger partial charge in [0.05, 0.1) is 19.3 Å². The summed E-state index contributed by atoms with van der Waals surface area (Å²) in [5, 5.41) is 0. The minimum atomic E-state index is -0.318. The molecule has 0 aliphatic heterocycles. The molecule has 7 nitrogen and oxygen atoms in total. The van der Waals surface area contributed by atoms with E-state index in [4.69, 9.17) is 9.47 Å². The van der Waals surface area contributed by atoms with Gasteiger partial charge in [-0.25, -0.2) is 15.0 Å². The molecule has 8 heteroatoms. The van der Waals surface area contributed by atoms with Gasteiger partial charge >= 0.3 is 0 Å². The number of carbonyl (C=O) groups is 1. The Morgan fingerprint density at radius 2 is 2.15 bits per heavy atom. The molecule has 1 saturated carbocycles. The Morgan fingerprint density at radius 1 is 1.35 bits per heavy atom. The molecule has 1 fully saturated rings. The fraction of sp³-hybridized carbons (Fsp3) is 0.444. The highest BCUT2D eigenvalue weighted by molar-refractivity contribution is 9.10. The van der Waals surface area contributed by atoms with Gasteiger partial charge in [-0.15, -0.1) is 0 Å². The predicted molar refractivity (Wildman–Crippen MR) is 101 cm³/mol. The summed E-state index contributed by atoms with van der Waals surface area (Å²) in [6.07, 6.45) is 8.59. The number of aliphatic imine (C=N–C) groups is 1. The second-order valence-electron chi connectivity index (χ2n) is 6.04. The van der Waals surface area contributed by atoms with Gasteiger partial charge in [-0.05, 0) is 37.8 Å². The van der Waals surface area contributed by atoms with Crippen molar-refractivity contribution in [3.8, 4) is 5.82 Å². The summed E-state index contributed by atoms with van der Waals surface area (Å²) in [5.41, 5.74) is 1.22. The van der Waals surface area contributed by atoms with Crippen molar-refractivity contribution in [3.63, 3.8) is 0 Å². The molecule has 1 amide bonds. The molecule has 2 aromatic rings. The normalized spacial score (nSPS) is 17.3. The summed E-state index contributed by atoms with van der Waals surface area (Å²) < 4.78 is 13.3. The fourth-order valence-electron chi connectivity index (χ4n) is 2.82. The molecule has 0 N–H and O–H groups in total. The van der Waals surface area contributed by atoms with Gasteiger partial charge < -0.3 is 9.47 Å². The van der Waals surface area contributed by atoms with Crippen molar-refractivity contribution in [1.29, 1.82) is 0 Å². The van der Waals surface area contributed by atoms with Crippen molar-refractivity contribution >= 4 is 27.5 Å². The maximum atomic E-state index is 12.5. The first-order chi connectivity index (χ1) is 12.7. The van der Waals surface area contributed by atoms with Crippen molar-refractivity contribution in [3.05, 3.63) is 41.0 Å². The summed E-state index contributed by atoms with van der Waals surface area (Å²) >= 11 is 3.43. The van der Waals surface area contributed by atoms with E-state index in [2.05, 4.69) is 30.9 Å². The first-order valence-corrected chi connectivity index (χ1v) is 9.32. The lowest BCUT2D eigenvalue weighted by Crippen LogP contribution is -2.23. The number of hydrogen-bond donors (Lipinski definition) is 0. The number of methoxy groups -OCH3 is 1. The topological polar surface area (TPSA) is 78.6 Å². The number of imidazole rings is 1. The Balaban J connectivity index is 1.64. The van der Waals surface area contributed by atoms with Crippen LogP contribution in [0.5, 0.6) is 0 Å². The van der Waals surface area contributed by atoms with Crippen molar-refractivity contribution in [2.45, 2.75) is 31.8 Å². The molecule has 26 heavy (non-hydrogen) atoms. The largest absolute Gasteiger partial charge is 0.382 e. The van der Waals surface area contributed by atoms with E-state index in [0.29, 0.717) is 24.7 Å². The van der Waals surface area contributed by atoms with Gasteiger partial charge in [0, 0.05) is 29.7 Å². The highest BCUT2D eigenvalue weighted by Crippen LogP contribution is 2.21. The number of carbonyl (C=O) groups excluding carboxylic acids is 1. The highest BCUT2D eigenvalue weighted by Gasteiger charge is 2.19. The Bertz CT molecular complexity index is 767. The molecule has 0 radical (unpaired) electrons. The van der Waals surface area contributed by atoms with Crippen molar-refractivity contribution in [2.75, 3.05) is 20.3 Å². The monoisotopic (exact) mass is 420 g/mol. The summed E-state index contributed by atoms with van der Waals surface area (Å²) in [5.74, 6) is 0.303. The number of halogens is 1. The van der Waals surface area contributed by atoms with Crippen LogP contribution in [0.1, 0.15) is 36.2 Å². The van der Waals surface area contributed by atoms with Crippen LogP contribution in [0.3, 0.4) is 0 Å². The molecule has 2 aromatic heterocycles.